The zero-order chi connectivity index (χ0) is 8.81. The van der Waals surface area contributed by atoms with Crippen LogP contribution in [0.2, 0.25) is 0 Å². The molecule has 1 aliphatic rings. The first-order chi connectivity index (χ1) is 5.84. The Labute approximate surface area is 79.1 Å². The van der Waals surface area contributed by atoms with Crippen molar-refractivity contribution in [3.05, 3.63) is 0 Å². The van der Waals surface area contributed by atoms with E-state index in [0.717, 1.165) is 12.8 Å². The van der Waals surface area contributed by atoms with Gasteiger partial charge in [0, 0.05) is 5.75 Å². The summed E-state index contributed by atoms with van der Waals surface area (Å²) in [6.45, 7) is 0.457. The molecule has 0 unspecified atom stereocenters. The molecule has 0 aromatic rings. The van der Waals surface area contributed by atoms with Crippen LogP contribution in [0.1, 0.15) is 32.1 Å². The number of carbonyl (C=O) groups excluding carboxylic acids is 1. The van der Waals surface area contributed by atoms with Crippen molar-refractivity contribution in [3.63, 3.8) is 0 Å². The van der Waals surface area contributed by atoms with E-state index < -0.39 is 0 Å². The van der Waals surface area contributed by atoms with E-state index in [4.69, 9.17) is 4.74 Å². The fraction of sp³-hybridized carbons (Fsp3) is 0.889. The molecular formula is C9H16O2S. The van der Waals surface area contributed by atoms with Crippen LogP contribution in [0.3, 0.4) is 0 Å². The molecule has 1 aliphatic carbocycles. The second-order valence-electron chi connectivity index (χ2n) is 3.23. The summed E-state index contributed by atoms with van der Waals surface area (Å²) < 4.78 is 5.02. The third-order valence-electron chi connectivity index (χ3n) is 2.27. The van der Waals surface area contributed by atoms with Crippen molar-refractivity contribution in [2.45, 2.75) is 32.1 Å². The summed E-state index contributed by atoms with van der Waals surface area (Å²) in [5.74, 6) is 0.792. The van der Waals surface area contributed by atoms with Gasteiger partial charge in [0.2, 0.25) is 0 Å². The van der Waals surface area contributed by atoms with Crippen LogP contribution in [-0.2, 0) is 9.53 Å². The molecule has 0 bridgehead atoms. The molecule has 1 saturated carbocycles. The fourth-order valence-corrected chi connectivity index (χ4v) is 1.69. The van der Waals surface area contributed by atoms with E-state index in [2.05, 4.69) is 12.6 Å². The maximum absolute atomic E-state index is 11.3. The van der Waals surface area contributed by atoms with E-state index in [1.807, 2.05) is 0 Å². The molecule has 12 heavy (non-hydrogen) atoms. The minimum Gasteiger partial charge on any atom is -0.465 e. The maximum Gasteiger partial charge on any atom is 0.308 e. The number of rotatable bonds is 3. The summed E-state index contributed by atoms with van der Waals surface area (Å²) in [7, 11) is 0. The van der Waals surface area contributed by atoms with Crippen LogP contribution in [-0.4, -0.2) is 18.3 Å². The van der Waals surface area contributed by atoms with Crippen molar-refractivity contribution >= 4 is 18.6 Å². The Bertz CT molecular complexity index is 141. The average Bonchev–Trinajstić information content (AvgIpc) is 2.15. The highest BCUT2D eigenvalue weighted by Crippen LogP contribution is 2.24. The van der Waals surface area contributed by atoms with Crippen LogP contribution in [0.5, 0.6) is 0 Å². The molecule has 3 heteroatoms. The summed E-state index contributed by atoms with van der Waals surface area (Å²) >= 11 is 3.98. The molecule has 0 saturated heterocycles. The molecule has 0 amide bonds. The zero-order valence-electron chi connectivity index (χ0n) is 7.29. The molecule has 0 spiro atoms. The van der Waals surface area contributed by atoms with Crippen molar-refractivity contribution in [3.8, 4) is 0 Å². The first-order valence-electron chi connectivity index (χ1n) is 4.62. The van der Waals surface area contributed by atoms with E-state index in [1.54, 1.807) is 0 Å². The van der Waals surface area contributed by atoms with Gasteiger partial charge in [-0.1, -0.05) is 19.3 Å². The molecule has 0 aliphatic heterocycles. The third-order valence-corrected chi connectivity index (χ3v) is 2.46. The highest BCUT2D eigenvalue weighted by atomic mass is 32.1. The van der Waals surface area contributed by atoms with Crippen LogP contribution >= 0.6 is 12.6 Å². The van der Waals surface area contributed by atoms with Crippen LogP contribution in [0.4, 0.5) is 0 Å². The number of thiol groups is 1. The molecule has 70 valence electrons. The minimum absolute atomic E-state index is 0.0104. The third kappa shape index (κ3) is 3.05. The van der Waals surface area contributed by atoms with Gasteiger partial charge in [0.1, 0.15) is 6.61 Å². The number of hydrogen-bond acceptors (Lipinski definition) is 3. The van der Waals surface area contributed by atoms with Crippen molar-refractivity contribution in [1.29, 1.82) is 0 Å². The zero-order valence-corrected chi connectivity index (χ0v) is 8.19. The second-order valence-corrected chi connectivity index (χ2v) is 3.67. The van der Waals surface area contributed by atoms with Crippen molar-refractivity contribution in [1.82, 2.24) is 0 Å². The fourth-order valence-electron chi connectivity index (χ4n) is 1.60. The average molecular weight is 188 g/mol. The molecule has 0 aromatic carbocycles. The number of carbonyl (C=O) groups is 1. The van der Waals surface area contributed by atoms with Crippen LogP contribution in [0.15, 0.2) is 0 Å². The summed E-state index contributed by atoms with van der Waals surface area (Å²) in [4.78, 5) is 11.3. The largest absolute Gasteiger partial charge is 0.465 e. The summed E-state index contributed by atoms with van der Waals surface area (Å²) in [6.07, 6.45) is 5.68. The summed E-state index contributed by atoms with van der Waals surface area (Å²) in [5, 5.41) is 0. The quantitative estimate of drug-likeness (QED) is 0.542. The van der Waals surface area contributed by atoms with E-state index in [9.17, 15) is 4.79 Å². The van der Waals surface area contributed by atoms with E-state index in [0.29, 0.717) is 12.4 Å². The Morgan fingerprint density at radius 1 is 1.33 bits per heavy atom. The van der Waals surface area contributed by atoms with Crippen LogP contribution in [0.25, 0.3) is 0 Å². The molecule has 1 fully saturated rings. The smallest absolute Gasteiger partial charge is 0.308 e. The molecule has 1 rings (SSSR count). The summed E-state index contributed by atoms with van der Waals surface area (Å²) in [6, 6.07) is 0. The first-order valence-corrected chi connectivity index (χ1v) is 5.25. The van der Waals surface area contributed by atoms with Crippen molar-refractivity contribution in [2.75, 3.05) is 12.4 Å². The number of ether oxygens (including phenoxy) is 1. The molecule has 2 nitrogen and oxygen atoms in total. The lowest BCUT2D eigenvalue weighted by Gasteiger charge is -2.19. The normalized spacial score (nSPS) is 19.1. The van der Waals surface area contributed by atoms with Crippen molar-refractivity contribution in [2.24, 2.45) is 5.92 Å². The lowest BCUT2D eigenvalue weighted by atomic mass is 9.89. The van der Waals surface area contributed by atoms with Crippen LogP contribution < -0.4 is 0 Å². The molecule has 0 heterocycles. The van der Waals surface area contributed by atoms with Gasteiger partial charge in [-0.3, -0.25) is 4.79 Å². The lowest BCUT2D eigenvalue weighted by Crippen LogP contribution is -2.21. The predicted octanol–water partition coefficient (Wildman–Crippen LogP) is 2.04. The molecule has 0 atom stereocenters. The Kier molecular flexibility index (Phi) is 4.51. The van der Waals surface area contributed by atoms with Gasteiger partial charge in [-0.2, -0.15) is 12.6 Å². The molecule has 0 aromatic heterocycles. The standard InChI is InChI=1S/C9H16O2S/c10-9(11-6-7-12)8-4-2-1-3-5-8/h8,12H,1-7H2. The first kappa shape index (κ1) is 9.90. The SMILES string of the molecule is O=C(OCCS)C1CCCCC1. The molecule has 0 N–H and O–H groups in total. The van der Waals surface area contributed by atoms with Gasteiger partial charge in [-0.05, 0) is 12.8 Å². The van der Waals surface area contributed by atoms with Gasteiger partial charge < -0.3 is 4.74 Å². The predicted molar refractivity (Wildman–Crippen MR) is 51.4 cm³/mol. The Morgan fingerprint density at radius 3 is 2.58 bits per heavy atom. The topological polar surface area (TPSA) is 26.3 Å². The van der Waals surface area contributed by atoms with Crippen molar-refractivity contribution < 1.29 is 9.53 Å². The molecular weight excluding hydrogens is 172 g/mol. The second kappa shape index (κ2) is 5.46. The van der Waals surface area contributed by atoms with Gasteiger partial charge in [-0.25, -0.2) is 0 Å². The van der Waals surface area contributed by atoms with E-state index in [1.165, 1.54) is 19.3 Å². The van der Waals surface area contributed by atoms with Gasteiger partial charge in [0.05, 0.1) is 5.92 Å². The van der Waals surface area contributed by atoms with Gasteiger partial charge >= 0.3 is 5.97 Å². The Balaban J connectivity index is 2.20. The maximum atomic E-state index is 11.3. The monoisotopic (exact) mass is 188 g/mol. The molecule has 0 radical (unpaired) electrons. The van der Waals surface area contributed by atoms with E-state index in [-0.39, 0.29) is 11.9 Å². The highest BCUT2D eigenvalue weighted by molar-refractivity contribution is 7.80. The highest BCUT2D eigenvalue weighted by Gasteiger charge is 2.21. The summed E-state index contributed by atoms with van der Waals surface area (Å²) in [5.41, 5.74) is 0. The number of esters is 1. The van der Waals surface area contributed by atoms with Gasteiger partial charge in [0.15, 0.2) is 0 Å². The number of hydrogen-bond donors (Lipinski definition) is 1. The minimum atomic E-state index is -0.0104. The van der Waals surface area contributed by atoms with Gasteiger partial charge in [0.25, 0.3) is 0 Å². The Hall–Kier alpha value is -0.180. The Morgan fingerprint density at radius 2 is 2.00 bits per heavy atom. The van der Waals surface area contributed by atoms with E-state index >= 15 is 0 Å². The van der Waals surface area contributed by atoms with Gasteiger partial charge in [-0.15, -0.1) is 0 Å². The van der Waals surface area contributed by atoms with Crippen LogP contribution in [0, 0.1) is 5.92 Å². The lowest BCUT2D eigenvalue weighted by molar-refractivity contribution is -0.148.